The molecule has 108 valence electrons. The molecule has 1 aliphatic carbocycles. The van der Waals surface area contributed by atoms with Crippen LogP contribution < -0.4 is 5.32 Å². The molecule has 2 rings (SSSR count). The van der Waals surface area contributed by atoms with Gasteiger partial charge >= 0.3 is 5.97 Å². The van der Waals surface area contributed by atoms with Gasteiger partial charge in [0.25, 0.3) is 0 Å². The number of carbonyl (C=O) groups is 2. The van der Waals surface area contributed by atoms with Crippen LogP contribution in [0.3, 0.4) is 0 Å². The maximum Gasteiger partial charge on any atom is 0.326 e. The van der Waals surface area contributed by atoms with Gasteiger partial charge in [-0.1, -0.05) is 32.0 Å². The monoisotopic (exact) mass is 275 g/mol. The molecular formula is C16H21NO3. The van der Waals surface area contributed by atoms with Gasteiger partial charge in [0.15, 0.2) is 0 Å². The van der Waals surface area contributed by atoms with Gasteiger partial charge in [-0.3, -0.25) is 4.79 Å². The van der Waals surface area contributed by atoms with E-state index in [1.165, 1.54) is 17.5 Å². The number of carboxylic acid groups (broad SMARTS) is 1. The Morgan fingerprint density at radius 1 is 1.25 bits per heavy atom. The Morgan fingerprint density at radius 2 is 1.95 bits per heavy atom. The summed E-state index contributed by atoms with van der Waals surface area (Å²) in [5.74, 6) is -1.34. The van der Waals surface area contributed by atoms with Crippen molar-refractivity contribution in [2.24, 2.45) is 5.92 Å². The highest BCUT2D eigenvalue weighted by atomic mass is 16.4. The van der Waals surface area contributed by atoms with Crippen LogP contribution in [0.15, 0.2) is 18.2 Å². The first-order valence-corrected chi connectivity index (χ1v) is 7.10. The molecule has 0 fully saturated rings. The van der Waals surface area contributed by atoms with Crippen molar-refractivity contribution < 1.29 is 14.7 Å². The van der Waals surface area contributed by atoms with Crippen molar-refractivity contribution in [3.63, 3.8) is 0 Å². The number of carbonyl (C=O) groups excluding carboxylic acids is 1. The summed E-state index contributed by atoms with van der Waals surface area (Å²) in [4.78, 5) is 23.0. The van der Waals surface area contributed by atoms with Crippen LogP contribution in [-0.4, -0.2) is 23.0 Å². The fourth-order valence-electron chi connectivity index (χ4n) is 2.66. The number of hydrogen-bond donors (Lipinski definition) is 2. The van der Waals surface area contributed by atoms with Gasteiger partial charge in [0, 0.05) is 0 Å². The van der Waals surface area contributed by atoms with Crippen molar-refractivity contribution in [2.45, 2.75) is 45.6 Å². The minimum Gasteiger partial charge on any atom is -0.480 e. The molecule has 0 saturated heterocycles. The summed E-state index contributed by atoms with van der Waals surface area (Å²) in [5.41, 5.74) is 3.66. The molecule has 4 heteroatoms. The van der Waals surface area contributed by atoms with Crippen molar-refractivity contribution in [1.82, 2.24) is 5.32 Å². The van der Waals surface area contributed by atoms with Gasteiger partial charge in [-0.25, -0.2) is 4.79 Å². The number of rotatable bonds is 5. The molecule has 1 aliphatic rings. The third kappa shape index (κ3) is 3.38. The quantitative estimate of drug-likeness (QED) is 0.863. The Hall–Kier alpha value is -1.84. The highest BCUT2D eigenvalue weighted by Crippen LogP contribution is 2.23. The summed E-state index contributed by atoms with van der Waals surface area (Å²) >= 11 is 0. The van der Waals surface area contributed by atoms with E-state index >= 15 is 0 Å². The fraction of sp³-hybridized carbons (Fsp3) is 0.500. The summed E-state index contributed by atoms with van der Waals surface area (Å²) in [5, 5.41) is 11.7. The number of aryl methyl sites for hydroxylation is 2. The van der Waals surface area contributed by atoms with E-state index < -0.39 is 12.0 Å². The molecule has 0 aromatic heterocycles. The van der Waals surface area contributed by atoms with Crippen molar-refractivity contribution in [2.75, 3.05) is 0 Å². The zero-order valence-corrected chi connectivity index (χ0v) is 12.0. The van der Waals surface area contributed by atoms with Crippen LogP contribution in [0.25, 0.3) is 0 Å². The van der Waals surface area contributed by atoms with Gasteiger partial charge < -0.3 is 10.4 Å². The third-order valence-corrected chi connectivity index (χ3v) is 3.78. The predicted molar refractivity (Wildman–Crippen MR) is 76.6 cm³/mol. The lowest BCUT2D eigenvalue weighted by Gasteiger charge is -2.18. The van der Waals surface area contributed by atoms with Crippen LogP contribution in [0.1, 0.15) is 37.0 Å². The molecule has 1 aromatic rings. The number of nitrogens with one attached hydrogen (secondary N) is 1. The van der Waals surface area contributed by atoms with Gasteiger partial charge in [-0.05, 0) is 41.9 Å². The first-order chi connectivity index (χ1) is 9.47. The molecule has 1 amide bonds. The lowest BCUT2D eigenvalue weighted by Crippen LogP contribution is -2.44. The summed E-state index contributed by atoms with van der Waals surface area (Å²) in [7, 11) is 0. The maximum absolute atomic E-state index is 12.0. The molecule has 20 heavy (non-hydrogen) atoms. The number of fused-ring (bicyclic) bond motifs is 1. The number of aliphatic carboxylic acids is 1. The van der Waals surface area contributed by atoms with Gasteiger partial charge in [0.1, 0.15) is 6.04 Å². The lowest BCUT2D eigenvalue weighted by molar-refractivity contribution is -0.143. The fourth-order valence-corrected chi connectivity index (χ4v) is 2.66. The Kier molecular flexibility index (Phi) is 4.42. The zero-order valence-electron chi connectivity index (χ0n) is 12.0. The van der Waals surface area contributed by atoms with Gasteiger partial charge in [0.2, 0.25) is 5.91 Å². The Morgan fingerprint density at radius 3 is 2.60 bits per heavy atom. The van der Waals surface area contributed by atoms with E-state index in [9.17, 15) is 9.59 Å². The third-order valence-electron chi connectivity index (χ3n) is 3.78. The van der Waals surface area contributed by atoms with E-state index in [-0.39, 0.29) is 18.2 Å². The summed E-state index contributed by atoms with van der Waals surface area (Å²) in [6, 6.07) is 5.31. The minimum atomic E-state index is -0.984. The highest BCUT2D eigenvalue weighted by molar-refractivity contribution is 5.85. The summed E-state index contributed by atoms with van der Waals surface area (Å²) in [6.45, 7) is 3.57. The molecule has 2 N–H and O–H groups in total. The molecule has 0 heterocycles. The first kappa shape index (κ1) is 14.6. The summed E-state index contributed by atoms with van der Waals surface area (Å²) in [6.07, 6.45) is 3.62. The standard InChI is InChI=1S/C16H21NO3/c1-10(2)15(16(19)20)17-14(18)9-11-6-7-12-4-3-5-13(12)8-11/h6-8,10,15H,3-5,9H2,1-2H3,(H,17,18)(H,19,20)/t15-/m1/s1. The van der Waals surface area contributed by atoms with E-state index in [0.29, 0.717) is 0 Å². The van der Waals surface area contributed by atoms with Crippen molar-refractivity contribution >= 4 is 11.9 Å². The van der Waals surface area contributed by atoms with E-state index in [2.05, 4.69) is 17.4 Å². The van der Waals surface area contributed by atoms with Gasteiger partial charge in [0.05, 0.1) is 6.42 Å². The highest BCUT2D eigenvalue weighted by Gasteiger charge is 2.23. The number of benzene rings is 1. The van der Waals surface area contributed by atoms with Gasteiger partial charge in [-0.2, -0.15) is 0 Å². The normalized spacial score (nSPS) is 14.9. The Balaban J connectivity index is 1.99. The SMILES string of the molecule is CC(C)[C@@H](NC(=O)Cc1ccc2c(c1)CCC2)C(=O)O. The second-order valence-corrected chi connectivity index (χ2v) is 5.76. The molecule has 0 unspecified atom stereocenters. The van der Waals surface area contributed by atoms with Crippen LogP contribution >= 0.6 is 0 Å². The van der Waals surface area contributed by atoms with Crippen molar-refractivity contribution in [3.8, 4) is 0 Å². The Labute approximate surface area is 119 Å². The molecule has 0 aliphatic heterocycles. The Bertz CT molecular complexity index is 522. The van der Waals surface area contributed by atoms with E-state index in [1.807, 2.05) is 6.07 Å². The molecular weight excluding hydrogens is 254 g/mol. The average molecular weight is 275 g/mol. The molecule has 0 radical (unpaired) electrons. The number of hydrogen-bond acceptors (Lipinski definition) is 2. The number of amides is 1. The second kappa shape index (κ2) is 6.07. The van der Waals surface area contributed by atoms with Crippen LogP contribution in [-0.2, 0) is 28.9 Å². The lowest BCUT2D eigenvalue weighted by atomic mass is 10.0. The zero-order chi connectivity index (χ0) is 14.7. The van der Waals surface area contributed by atoms with E-state index in [4.69, 9.17) is 5.11 Å². The predicted octanol–water partition coefficient (Wildman–Crippen LogP) is 1.94. The largest absolute Gasteiger partial charge is 0.480 e. The maximum atomic E-state index is 12.0. The summed E-state index contributed by atoms with van der Waals surface area (Å²) < 4.78 is 0. The van der Waals surface area contributed by atoms with E-state index in [0.717, 1.165) is 18.4 Å². The van der Waals surface area contributed by atoms with Crippen LogP contribution in [0.4, 0.5) is 0 Å². The molecule has 1 aromatic carbocycles. The smallest absolute Gasteiger partial charge is 0.326 e. The molecule has 0 spiro atoms. The number of carboxylic acids is 1. The van der Waals surface area contributed by atoms with Crippen molar-refractivity contribution in [1.29, 1.82) is 0 Å². The van der Waals surface area contributed by atoms with E-state index in [1.54, 1.807) is 13.8 Å². The molecule has 0 bridgehead atoms. The van der Waals surface area contributed by atoms with Crippen LogP contribution in [0, 0.1) is 5.92 Å². The second-order valence-electron chi connectivity index (χ2n) is 5.76. The minimum absolute atomic E-state index is 0.128. The van der Waals surface area contributed by atoms with Crippen molar-refractivity contribution in [3.05, 3.63) is 34.9 Å². The molecule has 4 nitrogen and oxygen atoms in total. The molecule has 1 atom stereocenters. The van der Waals surface area contributed by atoms with Crippen LogP contribution in [0.5, 0.6) is 0 Å². The average Bonchev–Trinajstić information content (AvgIpc) is 2.82. The molecule has 0 saturated carbocycles. The van der Waals surface area contributed by atoms with Gasteiger partial charge in [-0.15, -0.1) is 0 Å². The van der Waals surface area contributed by atoms with Crippen LogP contribution in [0.2, 0.25) is 0 Å². The topological polar surface area (TPSA) is 66.4 Å². The first-order valence-electron chi connectivity index (χ1n) is 7.10.